The molecule has 2 aromatic heterocycles. The first-order valence-electron chi connectivity index (χ1n) is 11.5. The molecule has 3 atom stereocenters. The second-order valence-corrected chi connectivity index (χ2v) is 9.76. The minimum atomic E-state index is -0.290. The minimum absolute atomic E-state index is 0.000152. The van der Waals surface area contributed by atoms with Crippen LogP contribution in [0.5, 0.6) is 5.88 Å². The Balaban J connectivity index is 1.37. The van der Waals surface area contributed by atoms with Gasteiger partial charge in [-0.1, -0.05) is 38.1 Å². The normalized spacial score (nSPS) is 24.9. The average Bonchev–Trinajstić information content (AvgIpc) is 3.29. The van der Waals surface area contributed by atoms with Crippen LogP contribution in [0.25, 0.3) is 5.70 Å². The predicted molar refractivity (Wildman–Crippen MR) is 130 cm³/mol. The second kappa shape index (κ2) is 7.06. The molecule has 1 N–H and O–H groups in total. The maximum absolute atomic E-state index is 6.15. The van der Waals surface area contributed by atoms with Crippen LogP contribution in [0.15, 0.2) is 66.5 Å². The molecule has 168 valence electrons. The van der Waals surface area contributed by atoms with Gasteiger partial charge in [-0.3, -0.25) is 10.3 Å². The molecule has 1 aromatic carbocycles. The molecule has 3 aliphatic rings. The zero-order chi connectivity index (χ0) is 22.9. The molecule has 0 radical (unpaired) electrons. The molecule has 1 aliphatic carbocycles. The van der Waals surface area contributed by atoms with Crippen LogP contribution in [0.2, 0.25) is 0 Å². The van der Waals surface area contributed by atoms with Crippen LogP contribution >= 0.6 is 0 Å². The maximum Gasteiger partial charge on any atom is 0.239 e. The van der Waals surface area contributed by atoms with E-state index in [9.17, 15) is 0 Å². The molecule has 0 bridgehead atoms. The van der Waals surface area contributed by atoms with E-state index < -0.39 is 0 Å². The number of hydrogen-bond acceptors (Lipinski definition) is 6. The first-order chi connectivity index (χ1) is 15.9. The van der Waals surface area contributed by atoms with Gasteiger partial charge in [0.15, 0.2) is 0 Å². The van der Waals surface area contributed by atoms with Gasteiger partial charge in [-0.2, -0.15) is 0 Å². The molecule has 2 aliphatic heterocycles. The van der Waals surface area contributed by atoms with Crippen molar-refractivity contribution < 1.29 is 4.74 Å². The average molecular weight is 440 g/mol. The van der Waals surface area contributed by atoms with Crippen LogP contribution in [0.3, 0.4) is 0 Å². The van der Waals surface area contributed by atoms with Gasteiger partial charge in [0.2, 0.25) is 12.1 Å². The van der Waals surface area contributed by atoms with E-state index in [2.05, 4.69) is 89.3 Å². The molecule has 3 unspecified atom stereocenters. The van der Waals surface area contributed by atoms with Gasteiger partial charge in [0, 0.05) is 49.2 Å². The quantitative estimate of drug-likeness (QED) is 0.628. The number of hydrogen-bond donors (Lipinski definition) is 1. The Hall–Kier alpha value is -3.38. The van der Waals surface area contributed by atoms with Crippen LogP contribution in [0.1, 0.15) is 55.5 Å². The summed E-state index contributed by atoms with van der Waals surface area (Å²) in [6.45, 7) is 6.95. The monoisotopic (exact) mass is 439 g/mol. The number of rotatable bonds is 2. The van der Waals surface area contributed by atoms with Gasteiger partial charge < -0.3 is 14.5 Å². The number of nitrogens with zero attached hydrogens (tertiary/aromatic N) is 4. The number of ether oxygens (including phenoxy) is 1. The standard InChI is InChI=1S/C27H29N5O/c1-16-22-23(18-9-6-7-10-19(18)27(22,2)3)32(5)24(30-16)17-12-14-28-20(15-17)26-31(4)21-11-8-13-29-25(21)33-26/h6-16,24,26,30H,1-5H3. The Kier molecular flexibility index (Phi) is 4.33. The summed E-state index contributed by atoms with van der Waals surface area (Å²) in [5, 5.41) is 3.86. The Bertz CT molecular complexity index is 1280. The number of benzene rings is 1. The molecule has 6 nitrogen and oxygen atoms in total. The highest BCUT2D eigenvalue weighted by Crippen LogP contribution is 2.51. The maximum atomic E-state index is 6.15. The molecule has 33 heavy (non-hydrogen) atoms. The van der Waals surface area contributed by atoms with Crippen LogP contribution in [-0.2, 0) is 5.41 Å². The molecule has 0 spiro atoms. The second-order valence-electron chi connectivity index (χ2n) is 9.76. The molecule has 4 heterocycles. The molecule has 0 saturated heterocycles. The molecule has 0 fully saturated rings. The lowest BCUT2D eigenvalue weighted by molar-refractivity contribution is 0.220. The van der Waals surface area contributed by atoms with E-state index in [1.807, 2.05) is 25.4 Å². The van der Waals surface area contributed by atoms with E-state index in [0.717, 1.165) is 11.4 Å². The molecular formula is C27H29N5O. The highest BCUT2D eigenvalue weighted by molar-refractivity contribution is 5.80. The number of nitrogens with one attached hydrogen (secondary N) is 1. The number of aromatic nitrogens is 2. The number of fused-ring (bicyclic) bond motifs is 3. The zero-order valence-electron chi connectivity index (χ0n) is 19.7. The summed E-state index contributed by atoms with van der Waals surface area (Å²) >= 11 is 0. The van der Waals surface area contributed by atoms with Crippen molar-refractivity contribution in [2.45, 2.75) is 44.6 Å². The lowest BCUT2D eigenvalue weighted by Crippen LogP contribution is -2.47. The molecule has 3 aromatic rings. The Morgan fingerprint density at radius 1 is 0.970 bits per heavy atom. The third kappa shape index (κ3) is 2.83. The summed E-state index contributed by atoms with van der Waals surface area (Å²) in [6.07, 6.45) is 3.39. The van der Waals surface area contributed by atoms with Crippen molar-refractivity contribution in [2.24, 2.45) is 0 Å². The number of pyridine rings is 2. The van der Waals surface area contributed by atoms with Gasteiger partial charge in [-0.05, 0) is 47.9 Å². The van der Waals surface area contributed by atoms with Crippen molar-refractivity contribution >= 4 is 11.4 Å². The Morgan fingerprint density at radius 2 is 1.79 bits per heavy atom. The molecule has 0 saturated carbocycles. The van der Waals surface area contributed by atoms with Crippen molar-refractivity contribution in [3.05, 3.63) is 88.9 Å². The fourth-order valence-corrected chi connectivity index (χ4v) is 5.91. The van der Waals surface area contributed by atoms with Crippen molar-refractivity contribution in [1.29, 1.82) is 0 Å². The SMILES string of the molecule is CC1NC(c2ccnc(C3Oc4ncccc4N3C)c2)N(C)C2=C1C(C)(C)c1ccccc12. The molecule has 0 amide bonds. The van der Waals surface area contributed by atoms with Gasteiger partial charge in [0.25, 0.3) is 0 Å². The minimum Gasteiger partial charge on any atom is -0.446 e. The van der Waals surface area contributed by atoms with Crippen molar-refractivity contribution in [2.75, 3.05) is 19.0 Å². The van der Waals surface area contributed by atoms with E-state index in [1.165, 1.54) is 28.0 Å². The highest BCUT2D eigenvalue weighted by atomic mass is 16.5. The fourth-order valence-electron chi connectivity index (χ4n) is 5.91. The van der Waals surface area contributed by atoms with Crippen LogP contribution < -0.4 is 15.0 Å². The summed E-state index contributed by atoms with van der Waals surface area (Å²) < 4.78 is 6.15. The molecular weight excluding hydrogens is 410 g/mol. The van der Waals surface area contributed by atoms with Crippen LogP contribution in [0, 0.1) is 0 Å². The van der Waals surface area contributed by atoms with E-state index in [4.69, 9.17) is 4.74 Å². The summed E-state index contributed by atoms with van der Waals surface area (Å²) in [6, 6.07) is 17.3. The van der Waals surface area contributed by atoms with Gasteiger partial charge in [-0.25, -0.2) is 4.98 Å². The van der Waals surface area contributed by atoms with E-state index in [-0.39, 0.29) is 23.9 Å². The summed E-state index contributed by atoms with van der Waals surface area (Å²) in [5.41, 5.74) is 8.57. The first kappa shape index (κ1) is 20.2. The smallest absolute Gasteiger partial charge is 0.239 e. The Labute approximate surface area is 194 Å². The van der Waals surface area contributed by atoms with Crippen LogP contribution in [0.4, 0.5) is 5.69 Å². The molecule has 6 heteroatoms. The van der Waals surface area contributed by atoms with Crippen molar-refractivity contribution in [3.8, 4) is 5.88 Å². The topological polar surface area (TPSA) is 53.5 Å². The third-order valence-electron chi connectivity index (χ3n) is 7.44. The number of anilines is 1. The highest BCUT2D eigenvalue weighted by Gasteiger charge is 2.45. The van der Waals surface area contributed by atoms with Gasteiger partial charge in [-0.15, -0.1) is 0 Å². The molecule has 6 rings (SSSR count). The first-order valence-corrected chi connectivity index (χ1v) is 11.5. The van der Waals surface area contributed by atoms with Gasteiger partial charge >= 0.3 is 0 Å². The van der Waals surface area contributed by atoms with Gasteiger partial charge in [0.1, 0.15) is 17.5 Å². The lowest BCUT2D eigenvalue weighted by atomic mass is 9.78. The zero-order valence-corrected chi connectivity index (χ0v) is 19.7. The van der Waals surface area contributed by atoms with E-state index in [0.29, 0.717) is 5.88 Å². The summed E-state index contributed by atoms with van der Waals surface area (Å²) in [5.74, 6) is 0.651. The van der Waals surface area contributed by atoms with Crippen molar-refractivity contribution in [1.82, 2.24) is 20.2 Å². The van der Waals surface area contributed by atoms with E-state index >= 15 is 0 Å². The van der Waals surface area contributed by atoms with E-state index in [1.54, 1.807) is 6.20 Å². The largest absolute Gasteiger partial charge is 0.446 e. The Morgan fingerprint density at radius 3 is 2.61 bits per heavy atom. The predicted octanol–water partition coefficient (Wildman–Crippen LogP) is 4.63. The lowest BCUT2D eigenvalue weighted by Gasteiger charge is -2.43. The van der Waals surface area contributed by atoms with Gasteiger partial charge in [0.05, 0.1) is 0 Å². The van der Waals surface area contributed by atoms with Crippen molar-refractivity contribution in [3.63, 3.8) is 0 Å². The summed E-state index contributed by atoms with van der Waals surface area (Å²) in [4.78, 5) is 13.5. The summed E-state index contributed by atoms with van der Waals surface area (Å²) in [7, 11) is 4.21. The fraction of sp³-hybridized carbons (Fsp3) is 0.333. The third-order valence-corrected chi connectivity index (χ3v) is 7.44. The van der Waals surface area contributed by atoms with Crippen LogP contribution in [-0.4, -0.2) is 35.0 Å².